The molecule has 0 aromatic heterocycles. The van der Waals surface area contributed by atoms with Crippen molar-refractivity contribution in [3.05, 3.63) is 133 Å². The second-order valence-corrected chi connectivity index (χ2v) is 11.3. The van der Waals surface area contributed by atoms with E-state index in [-0.39, 0.29) is 17.3 Å². The summed E-state index contributed by atoms with van der Waals surface area (Å²) >= 11 is 2.24. The number of halogens is 1. The third-order valence-corrected chi connectivity index (χ3v) is 8.97. The van der Waals surface area contributed by atoms with Gasteiger partial charge in [-0.3, -0.25) is 24.7 Å². The lowest BCUT2D eigenvalue weighted by Gasteiger charge is -2.52. The van der Waals surface area contributed by atoms with Crippen LogP contribution in [0, 0.1) is 25.5 Å². The number of hydrogen-bond acceptors (Lipinski definition) is 5. The zero-order valence-corrected chi connectivity index (χ0v) is 22.6. The molecule has 2 bridgehead atoms. The topological polar surface area (TPSA) is 92.9 Å². The minimum absolute atomic E-state index is 0.00383. The Morgan fingerprint density at radius 3 is 2.05 bits per heavy atom. The molecule has 0 spiro atoms. The van der Waals surface area contributed by atoms with Crippen LogP contribution in [0.2, 0.25) is 0 Å². The number of carbonyl (C=O) groups is 2. The van der Waals surface area contributed by atoms with Crippen LogP contribution in [-0.2, 0) is 15.0 Å². The normalized spacial score (nSPS) is 24.5. The van der Waals surface area contributed by atoms with Gasteiger partial charge in [0.15, 0.2) is 0 Å². The molecular weight excluding hydrogens is 605 g/mol. The summed E-state index contributed by atoms with van der Waals surface area (Å²) in [4.78, 5) is 45.9. The van der Waals surface area contributed by atoms with Crippen LogP contribution in [0.5, 0.6) is 0 Å². The van der Waals surface area contributed by atoms with Crippen molar-refractivity contribution < 1.29 is 14.5 Å². The lowest BCUT2D eigenvalue weighted by Crippen LogP contribution is -2.54. The predicted molar refractivity (Wildman–Crippen MR) is 155 cm³/mol. The average Bonchev–Trinajstić information content (AvgIpc) is 3.23. The van der Waals surface area contributed by atoms with Crippen molar-refractivity contribution in [1.29, 1.82) is 0 Å². The van der Waals surface area contributed by atoms with E-state index in [2.05, 4.69) is 22.6 Å². The molecule has 1 heterocycles. The van der Waals surface area contributed by atoms with Crippen molar-refractivity contribution in [2.24, 2.45) is 16.8 Å². The Labute approximate surface area is 237 Å². The largest absolute Gasteiger partial charge is 0.293 e. The molecule has 0 N–H and O–H groups in total. The fraction of sp³-hybridized carbons (Fsp3) is 0.129. The molecule has 2 amide bonds. The standard InChI is InChI=1S/C31H20IN3O4/c32-18-13-15-19(16-14-18)33-17-31-22-9-3-1-7-20(22)26(21-8-2-4-10-23(21)31)27-28(31)30(37)34(29(27)36)24-11-5-6-12-25(24)35(38)39/h1-17,26-28H/t26?,27-,28+,31?/m1/s1. The van der Waals surface area contributed by atoms with Crippen LogP contribution in [0.1, 0.15) is 28.2 Å². The van der Waals surface area contributed by atoms with Crippen molar-refractivity contribution in [2.75, 3.05) is 4.90 Å². The number of nitro groups is 1. The van der Waals surface area contributed by atoms with Crippen LogP contribution < -0.4 is 4.90 Å². The summed E-state index contributed by atoms with van der Waals surface area (Å²) in [5, 5.41) is 11.9. The Bertz CT molecular complexity index is 1680. The molecule has 39 heavy (non-hydrogen) atoms. The highest BCUT2D eigenvalue weighted by atomic mass is 127. The van der Waals surface area contributed by atoms with Gasteiger partial charge < -0.3 is 0 Å². The number of para-hydroxylation sites is 2. The van der Waals surface area contributed by atoms with Crippen molar-refractivity contribution >= 4 is 57.7 Å². The molecule has 0 unspecified atom stereocenters. The first-order valence-corrected chi connectivity index (χ1v) is 13.6. The lowest BCUT2D eigenvalue weighted by molar-refractivity contribution is -0.384. The zero-order chi connectivity index (χ0) is 26.9. The van der Waals surface area contributed by atoms with Gasteiger partial charge in [0.25, 0.3) is 5.69 Å². The summed E-state index contributed by atoms with van der Waals surface area (Å²) in [6.07, 6.45) is 1.83. The molecule has 1 aliphatic heterocycles. The molecule has 2 atom stereocenters. The quantitative estimate of drug-likeness (QED) is 0.0894. The molecule has 190 valence electrons. The molecule has 1 fully saturated rings. The van der Waals surface area contributed by atoms with E-state index >= 15 is 0 Å². The summed E-state index contributed by atoms with van der Waals surface area (Å²) in [6.45, 7) is 0. The zero-order valence-electron chi connectivity index (χ0n) is 20.4. The first-order valence-electron chi connectivity index (χ1n) is 12.5. The number of carbonyl (C=O) groups excluding carboxylic acids is 2. The van der Waals surface area contributed by atoms with Crippen LogP contribution in [0.25, 0.3) is 0 Å². The molecule has 1 saturated heterocycles. The first kappa shape index (κ1) is 23.9. The number of anilines is 1. The fourth-order valence-corrected chi connectivity index (χ4v) is 7.16. The van der Waals surface area contributed by atoms with Crippen molar-refractivity contribution in [2.45, 2.75) is 11.3 Å². The van der Waals surface area contributed by atoms with Gasteiger partial charge in [-0.1, -0.05) is 60.7 Å². The number of benzene rings is 4. The van der Waals surface area contributed by atoms with E-state index in [1.807, 2.05) is 79.0 Å². The summed E-state index contributed by atoms with van der Waals surface area (Å²) in [5.74, 6) is -2.72. The van der Waals surface area contributed by atoms with Gasteiger partial charge >= 0.3 is 0 Å². The van der Waals surface area contributed by atoms with E-state index in [0.717, 1.165) is 36.4 Å². The monoisotopic (exact) mass is 625 g/mol. The fourth-order valence-electron chi connectivity index (χ4n) is 6.80. The molecule has 7 nitrogen and oxygen atoms in total. The number of hydrogen-bond donors (Lipinski definition) is 0. The van der Waals surface area contributed by atoms with Crippen LogP contribution in [-0.4, -0.2) is 23.0 Å². The van der Waals surface area contributed by atoms with Gasteiger partial charge in [-0.2, -0.15) is 0 Å². The van der Waals surface area contributed by atoms with Crippen molar-refractivity contribution in [3.63, 3.8) is 0 Å². The van der Waals surface area contributed by atoms with Gasteiger partial charge in [0.2, 0.25) is 11.8 Å². The lowest BCUT2D eigenvalue weighted by atomic mass is 9.47. The highest BCUT2D eigenvalue weighted by Crippen LogP contribution is 2.64. The van der Waals surface area contributed by atoms with Crippen LogP contribution >= 0.6 is 22.6 Å². The number of nitrogens with zero attached hydrogens (tertiary/aromatic N) is 3. The average molecular weight is 625 g/mol. The molecule has 4 aliphatic rings. The van der Waals surface area contributed by atoms with Gasteiger partial charge in [-0.25, -0.2) is 4.90 Å². The summed E-state index contributed by atoms with van der Waals surface area (Å²) < 4.78 is 1.08. The highest BCUT2D eigenvalue weighted by molar-refractivity contribution is 14.1. The summed E-state index contributed by atoms with van der Waals surface area (Å²) in [7, 11) is 0. The Balaban J connectivity index is 1.50. The minimum atomic E-state index is -1.03. The Kier molecular flexibility index (Phi) is 5.31. The number of amides is 2. The molecule has 3 aliphatic carbocycles. The Morgan fingerprint density at radius 2 is 1.41 bits per heavy atom. The first-order chi connectivity index (χ1) is 18.9. The third kappa shape index (κ3) is 3.24. The number of rotatable bonds is 4. The van der Waals surface area contributed by atoms with Gasteiger partial charge in [0.1, 0.15) is 5.69 Å². The van der Waals surface area contributed by atoms with E-state index < -0.39 is 34.0 Å². The molecule has 8 rings (SSSR count). The maximum absolute atomic E-state index is 14.4. The van der Waals surface area contributed by atoms with Crippen LogP contribution in [0.15, 0.2) is 102 Å². The van der Waals surface area contributed by atoms with Crippen molar-refractivity contribution in [3.8, 4) is 0 Å². The number of aliphatic imine (C=N–C) groups is 1. The Morgan fingerprint density at radius 1 is 0.821 bits per heavy atom. The van der Waals surface area contributed by atoms with Crippen molar-refractivity contribution in [1.82, 2.24) is 0 Å². The SMILES string of the molecule is O=C1[C@@H]2C3c4ccccc4C(C=Nc4ccc(I)cc4)(c4ccccc43)[C@@H]2C(=O)N1c1ccccc1[N+](=O)[O-]. The predicted octanol–water partition coefficient (Wildman–Crippen LogP) is 6.15. The van der Waals surface area contributed by atoms with E-state index in [9.17, 15) is 19.7 Å². The highest BCUT2D eigenvalue weighted by Gasteiger charge is 2.68. The number of imide groups is 1. The molecule has 4 aromatic rings. The van der Waals surface area contributed by atoms with E-state index in [1.54, 1.807) is 6.07 Å². The second kappa shape index (κ2) is 8.67. The Hall–Kier alpha value is -4.18. The third-order valence-electron chi connectivity index (χ3n) is 8.25. The van der Waals surface area contributed by atoms with Crippen LogP contribution in [0.4, 0.5) is 17.1 Å². The van der Waals surface area contributed by atoms with Crippen LogP contribution in [0.3, 0.4) is 0 Å². The molecule has 4 aromatic carbocycles. The molecular formula is C31H20IN3O4. The van der Waals surface area contributed by atoms with Gasteiger partial charge in [0, 0.05) is 21.8 Å². The van der Waals surface area contributed by atoms with E-state index in [1.165, 1.54) is 18.2 Å². The molecule has 0 saturated carbocycles. The maximum Gasteiger partial charge on any atom is 0.293 e. The summed E-state index contributed by atoms with van der Waals surface area (Å²) in [5.41, 5.74) is 3.28. The van der Waals surface area contributed by atoms with Gasteiger partial charge in [-0.05, 0) is 75.2 Å². The molecule has 8 heteroatoms. The maximum atomic E-state index is 14.4. The smallest absolute Gasteiger partial charge is 0.274 e. The van der Waals surface area contributed by atoms with E-state index in [0.29, 0.717) is 0 Å². The van der Waals surface area contributed by atoms with Gasteiger partial charge in [0.05, 0.1) is 27.9 Å². The second-order valence-electron chi connectivity index (χ2n) is 10.0. The van der Waals surface area contributed by atoms with E-state index in [4.69, 9.17) is 4.99 Å². The summed E-state index contributed by atoms with van der Waals surface area (Å²) in [6, 6.07) is 29.5. The molecule has 0 radical (unpaired) electrons. The number of nitro benzene ring substituents is 1. The minimum Gasteiger partial charge on any atom is -0.274 e. The van der Waals surface area contributed by atoms with Gasteiger partial charge in [-0.15, -0.1) is 0 Å².